The molecule has 0 aliphatic rings. The summed E-state index contributed by atoms with van der Waals surface area (Å²) in [6, 6.07) is 5.53. The summed E-state index contributed by atoms with van der Waals surface area (Å²) in [5.74, 6) is 0. The first kappa shape index (κ1) is 8.46. The van der Waals surface area contributed by atoms with Crippen LogP contribution < -0.4 is 0 Å². The second kappa shape index (κ2) is 3.67. The highest BCUT2D eigenvalue weighted by Crippen LogP contribution is 2.18. The van der Waals surface area contributed by atoms with Crippen LogP contribution in [0.2, 0.25) is 0 Å². The van der Waals surface area contributed by atoms with Crippen molar-refractivity contribution in [3.05, 3.63) is 31.8 Å². The van der Waals surface area contributed by atoms with Crippen molar-refractivity contribution in [3.8, 4) is 0 Å². The molecule has 1 aromatic rings. The summed E-state index contributed by atoms with van der Waals surface area (Å²) in [6.45, 7) is -0.383. The van der Waals surface area contributed by atoms with Crippen LogP contribution in [0.1, 0.15) is 5.56 Å². The molecule has 54 valence electrons. The summed E-state index contributed by atoms with van der Waals surface area (Å²) in [4.78, 5) is 0. The van der Waals surface area contributed by atoms with Gasteiger partial charge < -0.3 is 0 Å². The van der Waals surface area contributed by atoms with Crippen molar-refractivity contribution in [3.63, 3.8) is 0 Å². The van der Waals surface area contributed by atoms with Crippen LogP contribution in [0.5, 0.6) is 0 Å². The molecule has 0 radical (unpaired) electrons. The molecule has 0 saturated carbocycles. The van der Waals surface area contributed by atoms with E-state index in [1.807, 2.05) is 12.1 Å². The number of alkyl halides is 1. The minimum Gasteiger partial charge on any atom is -0.246 e. The molecule has 0 aromatic heterocycles. The first-order valence-electron chi connectivity index (χ1n) is 2.74. The lowest BCUT2D eigenvalue weighted by atomic mass is 10.2. The van der Waals surface area contributed by atoms with Crippen LogP contribution >= 0.6 is 38.5 Å². The zero-order chi connectivity index (χ0) is 7.56. The molecule has 0 nitrogen and oxygen atoms in total. The van der Waals surface area contributed by atoms with Crippen LogP contribution in [0.3, 0.4) is 0 Å². The van der Waals surface area contributed by atoms with Gasteiger partial charge in [0.15, 0.2) is 0 Å². The molecule has 0 unspecified atom stereocenters. The molecule has 0 atom stereocenters. The maximum Gasteiger partial charge on any atom is 0.116 e. The normalized spacial score (nSPS) is 9.90. The highest BCUT2D eigenvalue weighted by atomic mass is 127. The predicted octanol–water partition coefficient (Wildman–Crippen LogP) is 3.52. The molecular formula is C7H5BrFI. The third-order valence-electron chi connectivity index (χ3n) is 1.16. The zero-order valence-corrected chi connectivity index (χ0v) is 8.82. The largest absolute Gasteiger partial charge is 0.246 e. The lowest BCUT2D eigenvalue weighted by Crippen LogP contribution is -1.82. The van der Waals surface area contributed by atoms with Crippen LogP contribution in [0.25, 0.3) is 0 Å². The van der Waals surface area contributed by atoms with Crippen molar-refractivity contribution in [2.75, 3.05) is 0 Å². The lowest BCUT2D eigenvalue weighted by Gasteiger charge is -1.97. The van der Waals surface area contributed by atoms with E-state index >= 15 is 0 Å². The van der Waals surface area contributed by atoms with Gasteiger partial charge >= 0.3 is 0 Å². The van der Waals surface area contributed by atoms with E-state index in [9.17, 15) is 4.39 Å². The van der Waals surface area contributed by atoms with Gasteiger partial charge in [-0.2, -0.15) is 0 Å². The molecule has 1 rings (SSSR count). The van der Waals surface area contributed by atoms with Crippen LogP contribution in [-0.4, -0.2) is 0 Å². The summed E-state index contributed by atoms with van der Waals surface area (Å²) in [6.07, 6.45) is 0. The van der Waals surface area contributed by atoms with E-state index in [1.165, 1.54) is 0 Å². The lowest BCUT2D eigenvalue weighted by molar-refractivity contribution is 0.483. The molecule has 0 amide bonds. The summed E-state index contributed by atoms with van der Waals surface area (Å²) in [5.41, 5.74) is 0.754. The maximum atomic E-state index is 12.1. The molecule has 0 heterocycles. The Labute approximate surface area is 81.1 Å². The molecule has 0 aliphatic heterocycles. The molecule has 0 aliphatic carbocycles. The van der Waals surface area contributed by atoms with Gasteiger partial charge in [-0.15, -0.1) is 0 Å². The van der Waals surface area contributed by atoms with Gasteiger partial charge in [0.25, 0.3) is 0 Å². The maximum absolute atomic E-state index is 12.1. The highest BCUT2D eigenvalue weighted by Gasteiger charge is 1.97. The van der Waals surface area contributed by atoms with Crippen molar-refractivity contribution < 1.29 is 4.39 Å². The Morgan fingerprint density at radius 3 is 2.70 bits per heavy atom. The second-order valence-corrected chi connectivity index (χ2v) is 3.95. The first-order valence-corrected chi connectivity index (χ1v) is 4.61. The Morgan fingerprint density at radius 1 is 1.50 bits per heavy atom. The Morgan fingerprint density at radius 2 is 2.20 bits per heavy atom. The smallest absolute Gasteiger partial charge is 0.116 e. The minimum atomic E-state index is -0.383. The van der Waals surface area contributed by atoms with Crippen molar-refractivity contribution in [1.29, 1.82) is 0 Å². The quantitative estimate of drug-likeness (QED) is 0.696. The van der Waals surface area contributed by atoms with E-state index in [1.54, 1.807) is 6.07 Å². The van der Waals surface area contributed by atoms with Gasteiger partial charge in [-0.3, -0.25) is 0 Å². The third kappa shape index (κ3) is 1.92. The average Bonchev–Trinajstić information content (AvgIpc) is 1.88. The van der Waals surface area contributed by atoms with Crippen LogP contribution in [0, 0.1) is 3.57 Å². The summed E-state index contributed by atoms with van der Waals surface area (Å²) >= 11 is 5.41. The topological polar surface area (TPSA) is 0 Å². The summed E-state index contributed by atoms with van der Waals surface area (Å²) in [7, 11) is 0. The number of hydrogen-bond donors (Lipinski definition) is 0. The molecule has 0 N–H and O–H groups in total. The predicted molar refractivity (Wildman–Crippen MR) is 51.7 cm³/mol. The fraction of sp³-hybridized carbons (Fsp3) is 0.143. The molecule has 1 aromatic carbocycles. The van der Waals surface area contributed by atoms with Crippen LogP contribution in [0.4, 0.5) is 4.39 Å². The Kier molecular flexibility index (Phi) is 3.10. The number of hydrogen-bond acceptors (Lipinski definition) is 0. The van der Waals surface area contributed by atoms with E-state index in [0.29, 0.717) is 0 Å². The molecular weight excluding hydrogens is 310 g/mol. The van der Waals surface area contributed by atoms with E-state index in [2.05, 4.69) is 38.5 Å². The van der Waals surface area contributed by atoms with E-state index < -0.39 is 0 Å². The number of halogens is 3. The Bertz CT molecular complexity index is 237. The zero-order valence-electron chi connectivity index (χ0n) is 5.07. The Hall–Kier alpha value is 0.360. The van der Waals surface area contributed by atoms with Crippen molar-refractivity contribution >= 4 is 38.5 Å². The van der Waals surface area contributed by atoms with E-state index in [-0.39, 0.29) is 6.67 Å². The Balaban J connectivity index is 3.07. The molecule has 3 heteroatoms. The van der Waals surface area contributed by atoms with Gasteiger partial charge in [0, 0.05) is 8.04 Å². The molecule has 0 fully saturated rings. The van der Waals surface area contributed by atoms with Gasteiger partial charge in [-0.05, 0) is 40.3 Å². The van der Waals surface area contributed by atoms with Gasteiger partial charge in [0.2, 0.25) is 0 Å². The first-order chi connectivity index (χ1) is 4.74. The van der Waals surface area contributed by atoms with Crippen molar-refractivity contribution in [2.45, 2.75) is 6.67 Å². The molecule has 0 bridgehead atoms. The van der Waals surface area contributed by atoms with Crippen LogP contribution in [0.15, 0.2) is 22.7 Å². The minimum absolute atomic E-state index is 0.383. The SMILES string of the molecule is FCc1ccc(Br)cc1I. The monoisotopic (exact) mass is 314 g/mol. The average molecular weight is 315 g/mol. The standard InChI is InChI=1S/C7H5BrFI/c8-6-2-1-5(4-9)7(10)3-6/h1-3H,4H2. The third-order valence-corrected chi connectivity index (χ3v) is 2.66. The van der Waals surface area contributed by atoms with Crippen molar-refractivity contribution in [1.82, 2.24) is 0 Å². The summed E-state index contributed by atoms with van der Waals surface area (Å²) in [5, 5.41) is 0. The van der Waals surface area contributed by atoms with E-state index in [4.69, 9.17) is 0 Å². The summed E-state index contributed by atoms with van der Waals surface area (Å²) < 4.78 is 14.1. The molecule has 0 spiro atoms. The van der Waals surface area contributed by atoms with Crippen LogP contribution in [-0.2, 0) is 6.67 Å². The van der Waals surface area contributed by atoms with E-state index in [0.717, 1.165) is 13.6 Å². The van der Waals surface area contributed by atoms with Gasteiger partial charge in [-0.1, -0.05) is 22.0 Å². The van der Waals surface area contributed by atoms with Gasteiger partial charge in [-0.25, -0.2) is 4.39 Å². The highest BCUT2D eigenvalue weighted by molar-refractivity contribution is 14.1. The number of benzene rings is 1. The fourth-order valence-corrected chi connectivity index (χ4v) is 2.08. The molecule has 10 heavy (non-hydrogen) atoms. The molecule has 0 saturated heterocycles. The van der Waals surface area contributed by atoms with Gasteiger partial charge in [0.1, 0.15) is 6.67 Å². The van der Waals surface area contributed by atoms with Gasteiger partial charge in [0.05, 0.1) is 0 Å². The van der Waals surface area contributed by atoms with Crippen molar-refractivity contribution in [2.24, 2.45) is 0 Å². The fourth-order valence-electron chi connectivity index (χ4n) is 0.630. The number of rotatable bonds is 1. The second-order valence-electron chi connectivity index (χ2n) is 1.87.